The molecule has 1 nitrogen and oxygen atoms in total. The zero-order chi connectivity index (χ0) is 6.97. The van der Waals surface area contributed by atoms with Crippen molar-refractivity contribution in [1.82, 2.24) is 0 Å². The largest absolute Gasteiger partial charge is 0.499 e. The third-order valence-electron chi connectivity index (χ3n) is 1.98. The molecule has 2 rings (SSSR count). The highest BCUT2D eigenvalue weighted by molar-refractivity contribution is 7.13. The molecule has 1 aliphatic rings. The molecule has 10 heavy (non-hydrogen) atoms. The molecular formula is C8H10OS. The van der Waals surface area contributed by atoms with Gasteiger partial charge in [-0.2, -0.15) is 0 Å². The highest BCUT2D eigenvalue weighted by Crippen LogP contribution is 2.33. The summed E-state index contributed by atoms with van der Waals surface area (Å²) in [5, 5.41) is 9.63. The lowest BCUT2D eigenvalue weighted by Crippen LogP contribution is -1.96. The van der Waals surface area contributed by atoms with E-state index in [2.05, 4.69) is 0 Å². The first-order valence-electron chi connectivity index (χ1n) is 3.67. The van der Waals surface area contributed by atoms with Gasteiger partial charge in [-0.05, 0) is 37.3 Å². The molecule has 0 unspecified atom stereocenters. The summed E-state index contributed by atoms with van der Waals surface area (Å²) in [6.07, 6.45) is 4.95. The molecule has 0 saturated heterocycles. The molecule has 1 heterocycles. The van der Waals surface area contributed by atoms with Gasteiger partial charge >= 0.3 is 0 Å². The fourth-order valence-corrected chi connectivity index (χ4v) is 2.47. The molecule has 0 aliphatic heterocycles. The maximum absolute atomic E-state index is 9.14. The van der Waals surface area contributed by atoms with Crippen LogP contribution in [0, 0.1) is 0 Å². The van der Waals surface area contributed by atoms with E-state index in [0.717, 1.165) is 0 Å². The molecule has 0 aromatic carbocycles. The van der Waals surface area contributed by atoms with Crippen molar-refractivity contribution in [2.45, 2.75) is 25.7 Å². The molecule has 0 atom stereocenters. The van der Waals surface area contributed by atoms with E-state index in [9.17, 15) is 0 Å². The third kappa shape index (κ3) is 0.926. The minimum absolute atomic E-state index is 0.493. The predicted octanol–water partition coefficient (Wildman–Crippen LogP) is 2.33. The predicted molar refractivity (Wildman–Crippen MR) is 42.6 cm³/mol. The zero-order valence-electron chi connectivity index (χ0n) is 5.76. The van der Waals surface area contributed by atoms with E-state index in [1.807, 2.05) is 6.07 Å². The van der Waals surface area contributed by atoms with Gasteiger partial charge in [-0.1, -0.05) is 0 Å². The number of aryl methyl sites for hydroxylation is 2. The Bertz CT molecular complexity index is 216. The van der Waals surface area contributed by atoms with E-state index < -0.39 is 0 Å². The number of fused-ring (bicyclic) bond motifs is 1. The van der Waals surface area contributed by atoms with Crippen molar-refractivity contribution in [3.8, 4) is 5.06 Å². The molecule has 0 bridgehead atoms. The standard InChI is InChI=1S/C8H10OS/c9-8-5-6-3-1-2-4-7(6)10-8/h5,9H,1-4H2. The zero-order valence-corrected chi connectivity index (χ0v) is 6.58. The summed E-state index contributed by atoms with van der Waals surface area (Å²) in [6.45, 7) is 0. The number of aromatic hydroxyl groups is 1. The van der Waals surface area contributed by atoms with Crippen LogP contribution < -0.4 is 0 Å². The van der Waals surface area contributed by atoms with Crippen molar-refractivity contribution < 1.29 is 5.11 Å². The summed E-state index contributed by atoms with van der Waals surface area (Å²) in [7, 11) is 0. The SMILES string of the molecule is Oc1cc2c(s1)CCCC2. The quantitative estimate of drug-likeness (QED) is 0.608. The Morgan fingerprint density at radius 2 is 2.10 bits per heavy atom. The van der Waals surface area contributed by atoms with E-state index in [1.165, 1.54) is 36.1 Å². The molecule has 1 aromatic rings. The number of hydrogen-bond donors (Lipinski definition) is 1. The molecule has 54 valence electrons. The first kappa shape index (κ1) is 6.23. The van der Waals surface area contributed by atoms with Crippen LogP contribution in [0.15, 0.2) is 6.07 Å². The van der Waals surface area contributed by atoms with E-state index in [1.54, 1.807) is 11.3 Å². The van der Waals surface area contributed by atoms with Crippen LogP contribution in [-0.2, 0) is 12.8 Å². The highest BCUT2D eigenvalue weighted by Gasteiger charge is 2.11. The Kier molecular flexibility index (Phi) is 1.42. The second-order valence-electron chi connectivity index (χ2n) is 2.74. The van der Waals surface area contributed by atoms with Gasteiger partial charge in [0.1, 0.15) is 0 Å². The van der Waals surface area contributed by atoms with Crippen molar-refractivity contribution in [2.75, 3.05) is 0 Å². The molecular weight excluding hydrogens is 144 g/mol. The molecule has 0 radical (unpaired) electrons. The Labute approximate surface area is 64.3 Å². The fourth-order valence-electron chi connectivity index (χ4n) is 1.47. The maximum atomic E-state index is 9.14. The number of thiophene rings is 1. The summed E-state index contributed by atoms with van der Waals surface area (Å²) in [4.78, 5) is 1.41. The molecule has 1 aromatic heterocycles. The van der Waals surface area contributed by atoms with Crippen LogP contribution in [0.25, 0.3) is 0 Å². The lowest BCUT2D eigenvalue weighted by atomic mass is 10.00. The van der Waals surface area contributed by atoms with Gasteiger partial charge in [0.05, 0.1) is 0 Å². The van der Waals surface area contributed by atoms with Gasteiger partial charge in [-0.3, -0.25) is 0 Å². The van der Waals surface area contributed by atoms with Crippen LogP contribution in [-0.4, -0.2) is 5.11 Å². The lowest BCUT2D eigenvalue weighted by Gasteiger charge is -2.08. The lowest BCUT2D eigenvalue weighted by molar-refractivity contribution is 0.490. The van der Waals surface area contributed by atoms with Crippen LogP contribution >= 0.6 is 11.3 Å². The van der Waals surface area contributed by atoms with Crippen LogP contribution in [0.5, 0.6) is 5.06 Å². The normalized spacial score (nSPS) is 16.8. The molecule has 0 amide bonds. The molecule has 0 saturated carbocycles. The summed E-state index contributed by atoms with van der Waals surface area (Å²) in [6, 6.07) is 1.92. The Morgan fingerprint density at radius 1 is 1.30 bits per heavy atom. The van der Waals surface area contributed by atoms with Gasteiger partial charge in [0.15, 0.2) is 5.06 Å². The fraction of sp³-hybridized carbons (Fsp3) is 0.500. The third-order valence-corrected chi connectivity index (χ3v) is 3.02. The van der Waals surface area contributed by atoms with E-state index in [-0.39, 0.29) is 0 Å². The second-order valence-corrected chi connectivity index (χ2v) is 3.86. The van der Waals surface area contributed by atoms with Crippen LogP contribution in [0.4, 0.5) is 0 Å². The molecule has 1 aliphatic carbocycles. The Morgan fingerprint density at radius 3 is 2.90 bits per heavy atom. The smallest absolute Gasteiger partial charge is 0.171 e. The summed E-state index contributed by atoms with van der Waals surface area (Å²) in [5.74, 6) is 0. The Balaban J connectivity index is 2.41. The number of hydrogen-bond acceptors (Lipinski definition) is 2. The van der Waals surface area contributed by atoms with Crippen LogP contribution in [0.1, 0.15) is 23.3 Å². The van der Waals surface area contributed by atoms with Crippen molar-refractivity contribution in [2.24, 2.45) is 0 Å². The first-order valence-corrected chi connectivity index (χ1v) is 4.48. The minimum atomic E-state index is 0.493. The monoisotopic (exact) mass is 154 g/mol. The van der Waals surface area contributed by atoms with E-state index in [4.69, 9.17) is 5.11 Å². The minimum Gasteiger partial charge on any atom is -0.499 e. The first-order chi connectivity index (χ1) is 4.86. The van der Waals surface area contributed by atoms with Gasteiger partial charge in [0, 0.05) is 4.88 Å². The molecule has 1 N–H and O–H groups in total. The van der Waals surface area contributed by atoms with E-state index >= 15 is 0 Å². The van der Waals surface area contributed by atoms with Gasteiger partial charge in [0.25, 0.3) is 0 Å². The Hall–Kier alpha value is -0.500. The van der Waals surface area contributed by atoms with Crippen LogP contribution in [0.3, 0.4) is 0 Å². The molecule has 2 heteroatoms. The van der Waals surface area contributed by atoms with Crippen molar-refractivity contribution in [3.63, 3.8) is 0 Å². The van der Waals surface area contributed by atoms with E-state index in [0.29, 0.717) is 5.06 Å². The summed E-state index contributed by atoms with van der Waals surface area (Å²) >= 11 is 1.55. The average molecular weight is 154 g/mol. The van der Waals surface area contributed by atoms with Gasteiger partial charge in [-0.25, -0.2) is 0 Å². The maximum Gasteiger partial charge on any atom is 0.171 e. The number of rotatable bonds is 0. The second kappa shape index (κ2) is 2.27. The van der Waals surface area contributed by atoms with Crippen LogP contribution in [0.2, 0.25) is 0 Å². The van der Waals surface area contributed by atoms with Crippen molar-refractivity contribution >= 4 is 11.3 Å². The van der Waals surface area contributed by atoms with Crippen molar-refractivity contribution in [3.05, 3.63) is 16.5 Å². The van der Waals surface area contributed by atoms with Crippen molar-refractivity contribution in [1.29, 1.82) is 0 Å². The summed E-state index contributed by atoms with van der Waals surface area (Å²) < 4.78 is 0. The highest BCUT2D eigenvalue weighted by atomic mass is 32.1. The van der Waals surface area contributed by atoms with Gasteiger partial charge in [0.2, 0.25) is 0 Å². The molecule has 0 fully saturated rings. The molecule has 0 spiro atoms. The topological polar surface area (TPSA) is 20.2 Å². The van der Waals surface area contributed by atoms with Gasteiger partial charge in [-0.15, -0.1) is 11.3 Å². The van der Waals surface area contributed by atoms with Gasteiger partial charge < -0.3 is 5.11 Å². The average Bonchev–Trinajstić information content (AvgIpc) is 2.27. The summed E-state index contributed by atoms with van der Waals surface area (Å²) in [5.41, 5.74) is 1.38.